The molecule has 4 nitrogen and oxygen atoms in total. The summed E-state index contributed by atoms with van der Waals surface area (Å²) >= 11 is 0. The molecule has 0 aromatic heterocycles. The van der Waals surface area contributed by atoms with Crippen LogP contribution in [0.25, 0.3) is 0 Å². The van der Waals surface area contributed by atoms with E-state index in [1.807, 2.05) is 0 Å². The minimum absolute atomic E-state index is 0.147. The van der Waals surface area contributed by atoms with Crippen LogP contribution in [-0.4, -0.2) is 66.3 Å². The van der Waals surface area contributed by atoms with Gasteiger partial charge >= 0.3 is 0 Å². The molecule has 1 saturated carbocycles. The molecule has 3 fully saturated rings. The van der Waals surface area contributed by atoms with Crippen molar-refractivity contribution < 1.29 is 4.74 Å². The molecule has 1 atom stereocenters. The number of nitrogens with two attached hydrogens (primary N) is 1. The summed E-state index contributed by atoms with van der Waals surface area (Å²) in [6, 6.07) is 0.750. The molecule has 0 bridgehead atoms. The van der Waals surface area contributed by atoms with Gasteiger partial charge in [0.2, 0.25) is 0 Å². The Morgan fingerprint density at radius 1 is 1.14 bits per heavy atom. The van der Waals surface area contributed by atoms with Crippen LogP contribution in [0, 0.1) is 0 Å². The van der Waals surface area contributed by atoms with Gasteiger partial charge in [-0.15, -0.1) is 0 Å². The molecule has 2 aliphatic heterocycles. The molecule has 0 amide bonds. The van der Waals surface area contributed by atoms with E-state index in [4.69, 9.17) is 10.5 Å². The smallest absolute Gasteiger partial charge is 0.0697 e. The van der Waals surface area contributed by atoms with Gasteiger partial charge in [-0.1, -0.05) is 12.8 Å². The lowest BCUT2D eigenvalue weighted by Gasteiger charge is -2.48. The third kappa shape index (κ3) is 3.29. The number of nitrogens with zero attached hydrogens (tertiary/aromatic N) is 2. The Kier molecular flexibility index (Phi) is 4.60. The zero-order chi connectivity index (χ0) is 14.9. The quantitative estimate of drug-likeness (QED) is 0.862. The van der Waals surface area contributed by atoms with Gasteiger partial charge < -0.3 is 10.5 Å². The van der Waals surface area contributed by atoms with Crippen molar-refractivity contribution in [1.82, 2.24) is 9.80 Å². The van der Waals surface area contributed by atoms with Crippen LogP contribution in [-0.2, 0) is 4.74 Å². The average molecular weight is 295 g/mol. The number of ether oxygens (including phenoxy) is 1. The van der Waals surface area contributed by atoms with Gasteiger partial charge in [0.15, 0.2) is 0 Å². The first-order valence-electron chi connectivity index (χ1n) is 8.88. The molecule has 0 aromatic carbocycles. The van der Waals surface area contributed by atoms with Gasteiger partial charge in [-0.3, -0.25) is 9.80 Å². The lowest BCUT2D eigenvalue weighted by Crippen LogP contribution is -2.60. The van der Waals surface area contributed by atoms with Crippen molar-refractivity contribution in [3.8, 4) is 0 Å². The Labute approximate surface area is 130 Å². The lowest BCUT2D eigenvalue weighted by molar-refractivity contribution is -0.108. The van der Waals surface area contributed by atoms with Crippen LogP contribution < -0.4 is 5.73 Å². The molecule has 2 heterocycles. The zero-order valence-corrected chi connectivity index (χ0v) is 13.9. The summed E-state index contributed by atoms with van der Waals surface area (Å²) in [6.45, 7) is 11.0. The van der Waals surface area contributed by atoms with Crippen LogP contribution in [0.5, 0.6) is 0 Å². The Hall–Kier alpha value is -0.160. The van der Waals surface area contributed by atoms with Gasteiger partial charge in [0, 0.05) is 50.9 Å². The number of piperazine rings is 1. The van der Waals surface area contributed by atoms with Crippen molar-refractivity contribution in [3.05, 3.63) is 0 Å². The highest BCUT2D eigenvalue weighted by molar-refractivity contribution is 4.96. The van der Waals surface area contributed by atoms with E-state index in [0.717, 1.165) is 32.3 Å². The fourth-order valence-electron chi connectivity index (χ4n) is 4.50. The standard InChI is InChI=1S/C17H33N3O/c1-16(2,14-18)20-10-8-19(9-11-20)15-5-12-21-17(13-15)6-3-4-7-17/h15H,3-14,18H2,1-2H3. The van der Waals surface area contributed by atoms with Crippen LogP contribution in [0.4, 0.5) is 0 Å². The molecule has 3 rings (SSSR count). The van der Waals surface area contributed by atoms with E-state index in [2.05, 4.69) is 23.6 Å². The fraction of sp³-hybridized carbons (Fsp3) is 1.00. The summed E-state index contributed by atoms with van der Waals surface area (Å²) in [7, 11) is 0. The van der Waals surface area contributed by atoms with Gasteiger partial charge in [0.1, 0.15) is 0 Å². The molecule has 0 aromatic rings. The predicted molar refractivity (Wildman–Crippen MR) is 86.5 cm³/mol. The molecule has 4 heteroatoms. The second-order valence-corrected chi connectivity index (χ2v) is 7.92. The molecule has 1 aliphatic carbocycles. The molecule has 122 valence electrons. The van der Waals surface area contributed by atoms with Crippen molar-refractivity contribution >= 4 is 0 Å². The predicted octanol–water partition coefficient (Wildman–Crippen LogP) is 1.83. The highest BCUT2D eigenvalue weighted by Crippen LogP contribution is 2.41. The van der Waals surface area contributed by atoms with Gasteiger partial charge in [0.05, 0.1) is 5.60 Å². The van der Waals surface area contributed by atoms with Crippen LogP contribution in [0.3, 0.4) is 0 Å². The first-order chi connectivity index (χ1) is 10.0. The van der Waals surface area contributed by atoms with Crippen LogP contribution >= 0.6 is 0 Å². The SMILES string of the molecule is CC(C)(CN)N1CCN(C2CCOC3(CCCC3)C2)CC1. The van der Waals surface area contributed by atoms with Crippen molar-refractivity contribution in [1.29, 1.82) is 0 Å². The first-order valence-corrected chi connectivity index (χ1v) is 8.88. The minimum Gasteiger partial charge on any atom is -0.375 e. The molecule has 2 saturated heterocycles. The van der Waals surface area contributed by atoms with E-state index in [9.17, 15) is 0 Å². The Bertz CT molecular complexity index is 344. The molecular formula is C17H33N3O. The molecule has 21 heavy (non-hydrogen) atoms. The van der Waals surface area contributed by atoms with Crippen molar-refractivity contribution in [2.24, 2.45) is 5.73 Å². The maximum absolute atomic E-state index is 6.19. The summed E-state index contributed by atoms with van der Waals surface area (Å²) in [5.74, 6) is 0. The minimum atomic E-state index is 0.147. The van der Waals surface area contributed by atoms with Gasteiger partial charge in [-0.2, -0.15) is 0 Å². The Morgan fingerprint density at radius 2 is 1.81 bits per heavy atom. The zero-order valence-electron chi connectivity index (χ0n) is 13.9. The second-order valence-electron chi connectivity index (χ2n) is 7.92. The van der Waals surface area contributed by atoms with Gasteiger partial charge in [-0.05, 0) is 39.5 Å². The highest BCUT2D eigenvalue weighted by atomic mass is 16.5. The average Bonchev–Trinajstić information content (AvgIpc) is 2.95. The largest absolute Gasteiger partial charge is 0.375 e. The summed E-state index contributed by atoms with van der Waals surface area (Å²) in [5, 5.41) is 0. The summed E-state index contributed by atoms with van der Waals surface area (Å²) in [5.41, 5.74) is 6.32. The molecular weight excluding hydrogens is 262 g/mol. The second kappa shape index (κ2) is 6.15. The van der Waals surface area contributed by atoms with Crippen molar-refractivity contribution in [2.45, 2.75) is 69.6 Å². The van der Waals surface area contributed by atoms with Crippen molar-refractivity contribution in [2.75, 3.05) is 39.3 Å². The number of hydrogen-bond donors (Lipinski definition) is 1. The Balaban J connectivity index is 1.54. The molecule has 2 N–H and O–H groups in total. The van der Waals surface area contributed by atoms with Crippen LogP contribution in [0.2, 0.25) is 0 Å². The van der Waals surface area contributed by atoms with E-state index in [1.54, 1.807) is 0 Å². The van der Waals surface area contributed by atoms with E-state index in [0.29, 0.717) is 0 Å². The van der Waals surface area contributed by atoms with E-state index < -0.39 is 0 Å². The monoisotopic (exact) mass is 295 g/mol. The van der Waals surface area contributed by atoms with Crippen LogP contribution in [0.1, 0.15) is 52.4 Å². The number of hydrogen-bond acceptors (Lipinski definition) is 4. The fourth-order valence-corrected chi connectivity index (χ4v) is 4.50. The molecule has 3 aliphatic rings. The Morgan fingerprint density at radius 3 is 2.43 bits per heavy atom. The first kappa shape index (κ1) is 15.7. The van der Waals surface area contributed by atoms with Gasteiger partial charge in [0.25, 0.3) is 0 Å². The third-order valence-electron chi connectivity index (χ3n) is 6.17. The molecule has 1 unspecified atom stereocenters. The topological polar surface area (TPSA) is 41.7 Å². The van der Waals surface area contributed by atoms with E-state index in [-0.39, 0.29) is 11.1 Å². The maximum atomic E-state index is 6.19. The summed E-state index contributed by atoms with van der Waals surface area (Å²) in [6.07, 6.45) is 7.82. The lowest BCUT2D eigenvalue weighted by atomic mass is 9.87. The normalized spacial score (nSPS) is 31.9. The third-order valence-corrected chi connectivity index (χ3v) is 6.17. The summed E-state index contributed by atoms with van der Waals surface area (Å²) < 4.78 is 6.19. The maximum Gasteiger partial charge on any atom is 0.0697 e. The molecule has 1 spiro atoms. The van der Waals surface area contributed by atoms with Gasteiger partial charge in [-0.25, -0.2) is 0 Å². The van der Waals surface area contributed by atoms with Crippen LogP contribution in [0.15, 0.2) is 0 Å². The van der Waals surface area contributed by atoms with E-state index in [1.165, 1.54) is 51.6 Å². The summed E-state index contributed by atoms with van der Waals surface area (Å²) in [4.78, 5) is 5.29. The molecule has 0 radical (unpaired) electrons. The van der Waals surface area contributed by atoms with E-state index >= 15 is 0 Å². The number of rotatable bonds is 3. The van der Waals surface area contributed by atoms with Crippen molar-refractivity contribution in [3.63, 3.8) is 0 Å². The highest BCUT2D eigenvalue weighted by Gasteiger charge is 2.42.